The SMILES string of the molecule is O=C(NS(=O)(=O)c1cnccn1)[C@H]1C[C@]12CCCc1ccccc12. The third kappa shape index (κ3) is 2.39. The van der Waals surface area contributed by atoms with Gasteiger partial charge in [0, 0.05) is 23.7 Å². The van der Waals surface area contributed by atoms with Crippen LogP contribution in [0.5, 0.6) is 0 Å². The van der Waals surface area contributed by atoms with Crippen LogP contribution in [0.1, 0.15) is 30.4 Å². The molecule has 1 aromatic carbocycles. The number of hydrogen-bond donors (Lipinski definition) is 1. The highest BCUT2D eigenvalue weighted by Crippen LogP contribution is 2.60. The fraction of sp³-hybridized carbons (Fsp3) is 0.353. The van der Waals surface area contributed by atoms with Crippen molar-refractivity contribution >= 4 is 15.9 Å². The van der Waals surface area contributed by atoms with Crippen molar-refractivity contribution < 1.29 is 13.2 Å². The number of aromatic nitrogens is 2. The van der Waals surface area contributed by atoms with E-state index in [-0.39, 0.29) is 16.4 Å². The van der Waals surface area contributed by atoms with E-state index in [1.165, 1.54) is 23.5 Å². The Morgan fingerprint density at radius 2 is 2.08 bits per heavy atom. The summed E-state index contributed by atoms with van der Waals surface area (Å²) in [5.74, 6) is -0.747. The highest BCUT2D eigenvalue weighted by atomic mass is 32.2. The highest BCUT2D eigenvalue weighted by Gasteiger charge is 2.60. The Morgan fingerprint density at radius 3 is 2.88 bits per heavy atom. The van der Waals surface area contributed by atoms with Crippen molar-refractivity contribution in [3.63, 3.8) is 0 Å². The second-order valence-electron chi connectivity index (χ2n) is 6.44. The van der Waals surface area contributed by atoms with Gasteiger partial charge in [0.25, 0.3) is 10.0 Å². The number of sulfonamides is 1. The van der Waals surface area contributed by atoms with Gasteiger partial charge in [-0.15, -0.1) is 0 Å². The average molecular weight is 343 g/mol. The summed E-state index contributed by atoms with van der Waals surface area (Å²) in [6.07, 6.45) is 7.47. The smallest absolute Gasteiger partial charge is 0.274 e. The van der Waals surface area contributed by atoms with Gasteiger partial charge < -0.3 is 0 Å². The predicted octanol–water partition coefficient (Wildman–Crippen LogP) is 1.58. The second kappa shape index (κ2) is 5.37. The van der Waals surface area contributed by atoms with Crippen LogP contribution in [-0.4, -0.2) is 24.3 Å². The summed E-state index contributed by atoms with van der Waals surface area (Å²) in [4.78, 5) is 20.0. The summed E-state index contributed by atoms with van der Waals surface area (Å²) < 4.78 is 26.7. The van der Waals surface area contributed by atoms with Gasteiger partial charge in [-0.2, -0.15) is 8.42 Å². The normalized spacial score (nSPS) is 25.1. The molecular weight excluding hydrogens is 326 g/mol. The molecule has 1 heterocycles. The van der Waals surface area contributed by atoms with Crippen LogP contribution in [0.4, 0.5) is 0 Å². The molecule has 0 aliphatic heterocycles. The lowest BCUT2D eigenvalue weighted by molar-refractivity contribution is -0.121. The van der Waals surface area contributed by atoms with Crippen molar-refractivity contribution in [1.29, 1.82) is 0 Å². The number of carbonyl (C=O) groups is 1. The molecular formula is C17H17N3O3S. The minimum Gasteiger partial charge on any atom is -0.274 e. The molecule has 2 aromatic rings. The Balaban J connectivity index is 1.56. The summed E-state index contributed by atoms with van der Waals surface area (Å²) in [6.45, 7) is 0. The molecule has 4 rings (SSSR count). The van der Waals surface area contributed by atoms with Crippen molar-refractivity contribution in [3.05, 3.63) is 54.0 Å². The number of nitrogens with one attached hydrogen (secondary N) is 1. The van der Waals surface area contributed by atoms with Crippen LogP contribution in [0.2, 0.25) is 0 Å². The lowest BCUT2D eigenvalue weighted by Crippen LogP contribution is -2.35. The fourth-order valence-electron chi connectivity index (χ4n) is 3.86. The summed E-state index contributed by atoms with van der Waals surface area (Å²) in [6, 6.07) is 8.15. The van der Waals surface area contributed by atoms with Gasteiger partial charge in [-0.05, 0) is 36.8 Å². The molecule has 24 heavy (non-hydrogen) atoms. The maximum Gasteiger partial charge on any atom is 0.283 e. The Bertz CT molecular complexity index is 898. The van der Waals surface area contributed by atoms with Crippen molar-refractivity contribution in [1.82, 2.24) is 14.7 Å². The van der Waals surface area contributed by atoms with Gasteiger partial charge in [0.05, 0.1) is 6.20 Å². The zero-order valence-corrected chi connectivity index (χ0v) is 13.8. The van der Waals surface area contributed by atoms with E-state index >= 15 is 0 Å². The van der Waals surface area contributed by atoms with E-state index in [0.717, 1.165) is 25.5 Å². The lowest BCUT2D eigenvalue weighted by atomic mass is 9.78. The number of nitrogens with zero attached hydrogens (tertiary/aromatic N) is 2. The molecule has 7 heteroatoms. The molecule has 6 nitrogen and oxygen atoms in total. The van der Waals surface area contributed by atoms with Gasteiger partial charge in [0.2, 0.25) is 5.91 Å². The second-order valence-corrected chi connectivity index (χ2v) is 8.07. The molecule has 124 valence electrons. The largest absolute Gasteiger partial charge is 0.283 e. The minimum absolute atomic E-state index is 0.198. The third-order valence-electron chi connectivity index (χ3n) is 5.06. The van der Waals surface area contributed by atoms with Crippen molar-refractivity contribution in [3.8, 4) is 0 Å². The molecule has 1 saturated carbocycles. The van der Waals surface area contributed by atoms with E-state index in [4.69, 9.17) is 0 Å². The van der Waals surface area contributed by atoms with Crippen LogP contribution in [0.3, 0.4) is 0 Å². The summed E-state index contributed by atoms with van der Waals surface area (Å²) in [5.41, 5.74) is 2.28. The van der Waals surface area contributed by atoms with Crippen LogP contribution in [-0.2, 0) is 26.7 Å². The number of fused-ring (bicyclic) bond motifs is 2. The number of benzene rings is 1. The Kier molecular flexibility index (Phi) is 3.42. The first-order chi connectivity index (χ1) is 11.5. The maximum atomic E-state index is 12.5. The monoisotopic (exact) mass is 343 g/mol. The predicted molar refractivity (Wildman–Crippen MR) is 86.5 cm³/mol. The highest BCUT2D eigenvalue weighted by molar-refractivity contribution is 7.90. The summed E-state index contributed by atoms with van der Waals surface area (Å²) in [7, 11) is -3.97. The van der Waals surface area contributed by atoms with Crippen molar-refractivity contribution in [2.45, 2.75) is 36.1 Å². The number of aryl methyl sites for hydroxylation is 1. The van der Waals surface area contributed by atoms with E-state index < -0.39 is 15.9 Å². The van der Waals surface area contributed by atoms with E-state index in [0.29, 0.717) is 6.42 Å². The van der Waals surface area contributed by atoms with Crippen LogP contribution in [0, 0.1) is 5.92 Å². The number of amides is 1. The Morgan fingerprint density at radius 1 is 1.25 bits per heavy atom. The minimum atomic E-state index is -3.97. The number of rotatable bonds is 3. The molecule has 0 unspecified atom stereocenters. The van der Waals surface area contributed by atoms with E-state index in [1.807, 2.05) is 12.1 Å². The quantitative estimate of drug-likeness (QED) is 0.914. The molecule has 2 aliphatic rings. The summed E-state index contributed by atoms with van der Waals surface area (Å²) >= 11 is 0. The molecule has 0 radical (unpaired) electrons. The Hall–Kier alpha value is -2.28. The topological polar surface area (TPSA) is 89.0 Å². The lowest BCUT2D eigenvalue weighted by Gasteiger charge is -2.26. The number of hydrogen-bond acceptors (Lipinski definition) is 5. The standard InChI is InChI=1S/C17H17N3O3S/c21-16(20-24(22,23)15-11-18-8-9-19-15)14-10-17(14)7-3-5-12-4-1-2-6-13(12)17/h1-2,4,6,8-9,11,14H,3,5,7,10H2,(H,20,21)/t14-,17+/m1/s1. The first-order valence-corrected chi connectivity index (χ1v) is 9.42. The Labute approximate surface area is 140 Å². The third-order valence-corrected chi connectivity index (χ3v) is 6.30. The van der Waals surface area contributed by atoms with Gasteiger partial charge >= 0.3 is 0 Å². The molecule has 1 aromatic heterocycles. The molecule has 0 bridgehead atoms. The molecule has 0 saturated heterocycles. The van der Waals surface area contributed by atoms with E-state index in [1.54, 1.807) is 0 Å². The van der Waals surface area contributed by atoms with E-state index in [9.17, 15) is 13.2 Å². The average Bonchev–Trinajstić information content (AvgIpc) is 3.31. The van der Waals surface area contributed by atoms with Crippen LogP contribution in [0.15, 0.2) is 47.9 Å². The van der Waals surface area contributed by atoms with Gasteiger partial charge in [-0.25, -0.2) is 9.71 Å². The molecule has 1 spiro atoms. The fourth-order valence-corrected chi connectivity index (χ4v) is 4.77. The van der Waals surface area contributed by atoms with Crippen LogP contribution in [0.25, 0.3) is 0 Å². The van der Waals surface area contributed by atoms with Crippen LogP contribution >= 0.6 is 0 Å². The van der Waals surface area contributed by atoms with Crippen molar-refractivity contribution in [2.24, 2.45) is 5.92 Å². The molecule has 2 atom stereocenters. The van der Waals surface area contributed by atoms with Crippen LogP contribution < -0.4 is 4.72 Å². The number of carbonyl (C=O) groups excluding carboxylic acids is 1. The molecule has 2 aliphatic carbocycles. The van der Waals surface area contributed by atoms with Gasteiger partial charge in [-0.1, -0.05) is 24.3 Å². The van der Waals surface area contributed by atoms with Gasteiger partial charge in [0.15, 0.2) is 5.03 Å². The zero-order valence-electron chi connectivity index (χ0n) is 13.0. The molecule has 1 amide bonds. The first-order valence-electron chi connectivity index (χ1n) is 7.94. The first kappa shape index (κ1) is 15.3. The van der Waals surface area contributed by atoms with Gasteiger partial charge in [0.1, 0.15) is 0 Å². The summed E-state index contributed by atoms with van der Waals surface area (Å²) in [5, 5.41) is -0.239. The molecule has 1 fully saturated rings. The molecule has 1 N–H and O–H groups in total. The van der Waals surface area contributed by atoms with Gasteiger partial charge in [-0.3, -0.25) is 9.78 Å². The zero-order chi connectivity index (χ0) is 16.8. The maximum absolute atomic E-state index is 12.5. The van der Waals surface area contributed by atoms with Crippen molar-refractivity contribution in [2.75, 3.05) is 0 Å². The van der Waals surface area contributed by atoms with E-state index in [2.05, 4.69) is 26.8 Å².